The second kappa shape index (κ2) is 7.67. The summed E-state index contributed by atoms with van der Waals surface area (Å²) in [7, 11) is 0. The summed E-state index contributed by atoms with van der Waals surface area (Å²) >= 11 is 5.42. The van der Waals surface area contributed by atoms with Gasteiger partial charge in [0.2, 0.25) is 0 Å². The van der Waals surface area contributed by atoms with Crippen LogP contribution >= 0.6 is 27.7 Å². The van der Waals surface area contributed by atoms with Gasteiger partial charge in [0.25, 0.3) is 0 Å². The SMILES string of the molecule is CC(C)NC(C)(CO)CC(C)Sc1ccccc1Br. The van der Waals surface area contributed by atoms with E-state index in [1.165, 1.54) is 4.90 Å². The maximum Gasteiger partial charge on any atom is 0.0611 e. The molecule has 0 aliphatic rings. The van der Waals surface area contributed by atoms with Gasteiger partial charge in [-0.2, -0.15) is 0 Å². The van der Waals surface area contributed by atoms with Crippen molar-refractivity contribution in [1.82, 2.24) is 5.32 Å². The van der Waals surface area contributed by atoms with Gasteiger partial charge < -0.3 is 10.4 Å². The predicted molar refractivity (Wildman–Crippen MR) is 87.8 cm³/mol. The molecule has 0 bridgehead atoms. The molecule has 0 heterocycles. The summed E-state index contributed by atoms with van der Waals surface area (Å²) in [5, 5.41) is 13.5. The van der Waals surface area contributed by atoms with Gasteiger partial charge in [-0.15, -0.1) is 11.8 Å². The Morgan fingerprint density at radius 3 is 2.47 bits per heavy atom. The molecule has 0 saturated heterocycles. The van der Waals surface area contributed by atoms with Crippen LogP contribution in [0.3, 0.4) is 0 Å². The summed E-state index contributed by atoms with van der Waals surface area (Å²) in [4.78, 5) is 1.25. The van der Waals surface area contributed by atoms with Crippen LogP contribution in [0.25, 0.3) is 0 Å². The normalized spacial score (nSPS) is 16.4. The maximum absolute atomic E-state index is 9.62. The fourth-order valence-electron chi connectivity index (χ4n) is 2.30. The first-order valence-electron chi connectivity index (χ1n) is 6.66. The lowest BCUT2D eigenvalue weighted by Gasteiger charge is -2.33. The molecule has 1 rings (SSSR count). The fraction of sp³-hybridized carbons (Fsp3) is 0.600. The van der Waals surface area contributed by atoms with E-state index in [1.54, 1.807) is 0 Å². The topological polar surface area (TPSA) is 32.3 Å². The Hall–Kier alpha value is -0.0300. The highest BCUT2D eigenvalue weighted by atomic mass is 79.9. The van der Waals surface area contributed by atoms with E-state index in [2.05, 4.69) is 67.1 Å². The highest BCUT2D eigenvalue weighted by molar-refractivity contribution is 9.10. The summed E-state index contributed by atoms with van der Waals surface area (Å²) in [6.45, 7) is 8.68. The molecule has 0 radical (unpaired) electrons. The van der Waals surface area contributed by atoms with Gasteiger partial charge in [-0.05, 0) is 41.4 Å². The van der Waals surface area contributed by atoms with Crippen molar-refractivity contribution in [2.24, 2.45) is 0 Å². The quantitative estimate of drug-likeness (QED) is 0.730. The summed E-state index contributed by atoms with van der Waals surface area (Å²) in [5.74, 6) is 0. The molecule has 19 heavy (non-hydrogen) atoms. The lowest BCUT2D eigenvalue weighted by atomic mass is 9.96. The van der Waals surface area contributed by atoms with E-state index in [1.807, 2.05) is 17.8 Å². The minimum atomic E-state index is -0.220. The number of hydrogen-bond acceptors (Lipinski definition) is 3. The standard InChI is InChI=1S/C15H24BrNOS/c1-11(2)17-15(4,10-18)9-12(3)19-14-8-6-5-7-13(14)16/h5-8,11-12,17-18H,9-10H2,1-4H3. The van der Waals surface area contributed by atoms with Crippen molar-refractivity contribution in [2.45, 2.75) is 55.8 Å². The zero-order valence-corrected chi connectivity index (χ0v) is 14.5. The van der Waals surface area contributed by atoms with Crippen LogP contribution in [0.1, 0.15) is 34.1 Å². The van der Waals surface area contributed by atoms with E-state index in [4.69, 9.17) is 0 Å². The first kappa shape index (κ1) is 17.0. The van der Waals surface area contributed by atoms with E-state index >= 15 is 0 Å². The zero-order chi connectivity index (χ0) is 14.5. The van der Waals surface area contributed by atoms with Crippen LogP contribution in [-0.2, 0) is 0 Å². The first-order valence-corrected chi connectivity index (χ1v) is 8.33. The molecule has 108 valence electrons. The minimum absolute atomic E-state index is 0.159. The number of aliphatic hydroxyl groups is 1. The molecule has 0 spiro atoms. The average molecular weight is 346 g/mol. The Kier molecular flexibility index (Phi) is 6.87. The van der Waals surface area contributed by atoms with Gasteiger partial charge in [0, 0.05) is 26.2 Å². The molecule has 0 aliphatic heterocycles. The lowest BCUT2D eigenvalue weighted by molar-refractivity contribution is 0.157. The minimum Gasteiger partial charge on any atom is -0.394 e. The smallest absolute Gasteiger partial charge is 0.0611 e. The van der Waals surface area contributed by atoms with Crippen LogP contribution < -0.4 is 5.32 Å². The molecular formula is C15H24BrNOS. The summed E-state index contributed by atoms with van der Waals surface area (Å²) in [5.41, 5.74) is -0.220. The van der Waals surface area contributed by atoms with Crippen molar-refractivity contribution >= 4 is 27.7 Å². The number of thioether (sulfide) groups is 1. The van der Waals surface area contributed by atoms with Crippen molar-refractivity contribution in [3.63, 3.8) is 0 Å². The van der Waals surface area contributed by atoms with Crippen molar-refractivity contribution in [1.29, 1.82) is 0 Å². The van der Waals surface area contributed by atoms with E-state index < -0.39 is 0 Å². The summed E-state index contributed by atoms with van der Waals surface area (Å²) < 4.78 is 1.13. The highest BCUT2D eigenvalue weighted by Gasteiger charge is 2.26. The van der Waals surface area contributed by atoms with E-state index in [9.17, 15) is 5.11 Å². The highest BCUT2D eigenvalue weighted by Crippen LogP contribution is 2.33. The molecular weight excluding hydrogens is 322 g/mol. The number of halogens is 1. The third kappa shape index (κ3) is 5.86. The third-order valence-corrected chi connectivity index (χ3v) is 5.02. The van der Waals surface area contributed by atoms with Crippen LogP contribution in [0.5, 0.6) is 0 Å². The zero-order valence-electron chi connectivity index (χ0n) is 12.1. The van der Waals surface area contributed by atoms with Gasteiger partial charge in [0.1, 0.15) is 0 Å². The second-order valence-corrected chi connectivity index (χ2v) is 7.92. The molecule has 2 unspecified atom stereocenters. The van der Waals surface area contributed by atoms with Gasteiger partial charge in [0.05, 0.1) is 6.61 Å². The first-order chi connectivity index (χ1) is 8.86. The Morgan fingerprint density at radius 2 is 1.95 bits per heavy atom. The average Bonchev–Trinajstić information content (AvgIpc) is 2.31. The molecule has 0 saturated carbocycles. The third-order valence-electron chi connectivity index (χ3n) is 2.89. The Bertz CT molecular complexity index is 399. The van der Waals surface area contributed by atoms with Gasteiger partial charge in [-0.25, -0.2) is 0 Å². The van der Waals surface area contributed by atoms with Crippen LogP contribution in [-0.4, -0.2) is 28.5 Å². The second-order valence-electron chi connectivity index (χ2n) is 5.58. The van der Waals surface area contributed by atoms with Crippen molar-refractivity contribution < 1.29 is 5.11 Å². The Morgan fingerprint density at radius 1 is 1.32 bits per heavy atom. The number of rotatable bonds is 7. The predicted octanol–water partition coefficient (Wildman–Crippen LogP) is 4.07. The molecule has 1 aromatic carbocycles. The molecule has 2 nitrogen and oxygen atoms in total. The molecule has 0 fully saturated rings. The summed E-state index contributed by atoms with van der Waals surface area (Å²) in [6, 6.07) is 8.64. The molecule has 0 amide bonds. The Labute approximate surface area is 129 Å². The molecule has 2 atom stereocenters. The van der Waals surface area contributed by atoms with Crippen LogP contribution in [0, 0.1) is 0 Å². The number of hydrogen-bond donors (Lipinski definition) is 2. The van der Waals surface area contributed by atoms with Gasteiger partial charge in [-0.3, -0.25) is 0 Å². The van der Waals surface area contributed by atoms with Crippen molar-refractivity contribution in [3.05, 3.63) is 28.7 Å². The number of benzene rings is 1. The molecule has 4 heteroatoms. The van der Waals surface area contributed by atoms with Gasteiger partial charge in [0.15, 0.2) is 0 Å². The molecule has 0 aromatic heterocycles. The van der Waals surface area contributed by atoms with Crippen molar-refractivity contribution in [3.8, 4) is 0 Å². The lowest BCUT2D eigenvalue weighted by Crippen LogP contribution is -2.50. The summed E-state index contributed by atoms with van der Waals surface area (Å²) in [6.07, 6.45) is 0.924. The maximum atomic E-state index is 9.62. The van der Waals surface area contributed by atoms with E-state index in [0.717, 1.165) is 10.9 Å². The van der Waals surface area contributed by atoms with Crippen LogP contribution in [0.2, 0.25) is 0 Å². The van der Waals surface area contributed by atoms with E-state index in [0.29, 0.717) is 11.3 Å². The number of aliphatic hydroxyl groups excluding tert-OH is 1. The largest absolute Gasteiger partial charge is 0.394 e. The molecule has 1 aromatic rings. The number of nitrogens with one attached hydrogen (secondary N) is 1. The monoisotopic (exact) mass is 345 g/mol. The fourth-order valence-corrected chi connectivity index (χ4v) is 4.09. The molecule has 2 N–H and O–H groups in total. The van der Waals surface area contributed by atoms with Crippen LogP contribution in [0.15, 0.2) is 33.6 Å². The van der Waals surface area contributed by atoms with Gasteiger partial charge in [-0.1, -0.05) is 32.9 Å². The van der Waals surface area contributed by atoms with Crippen molar-refractivity contribution in [2.75, 3.05) is 6.61 Å². The molecule has 0 aliphatic carbocycles. The van der Waals surface area contributed by atoms with Crippen LogP contribution in [0.4, 0.5) is 0 Å². The van der Waals surface area contributed by atoms with E-state index in [-0.39, 0.29) is 12.1 Å². The van der Waals surface area contributed by atoms with Gasteiger partial charge >= 0.3 is 0 Å². The Balaban J connectivity index is 2.63.